The van der Waals surface area contributed by atoms with Crippen LogP contribution >= 0.6 is 24.0 Å². The second-order valence-electron chi connectivity index (χ2n) is 9.72. The van der Waals surface area contributed by atoms with Crippen LogP contribution in [0.1, 0.15) is 55.0 Å². The molecule has 7 nitrogen and oxygen atoms in total. The SMILES string of the molecule is CCCn1c(N2CC(C)OC(C)C2)c(/C=C2\SC(=S)N(Cc3ccc(C)cc3)C2=O)c(C)c(C#N)c1=O. The molecule has 0 spiro atoms. The monoisotopic (exact) mass is 536 g/mol. The Hall–Kier alpha value is -2.93. The van der Waals surface area contributed by atoms with Gasteiger partial charge in [-0.2, -0.15) is 5.26 Å². The molecule has 1 amide bonds. The van der Waals surface area contributed by atoms with Crippen LogP contribution in [-0.2, 0) is 22.6 Å². The normalized spacial score (nSPS) is 21.1. The summed E-state index contributed by atoms with van der Waals surface area (Å²) in [6.45, 7) is 11.9. The van der Waals surface area contributed by atoms with Crippen LogP contribution in [0, 0.1) is 25.2 Å². The number of nitriles is 1. The highest BCUT2D eigenvalue weighted by Crippen LogP contribution is 2.37. The average molecular weight is 537 g/mol. The van der Waals surface area contributed by atoms with Gasteiger partial charge >= 0.3 is 0 Å². The summed E-state index contributed by atoms with van der Waals surface area (Å²) in [6, 6.07) is 10.1. The molecule has 2 saturated heterocycles. The van der Waals surface area contributed by atoms with Gasteiger partial charge in [0.25, 0.3) is 11.5 Å². The largest absolute Gasteiger partial charge is 0.372 e. The van der Waals surface area contributed by atoms with E-state index < -0.39 is 0 Å². The topological polar surface area (TPSA) is 78.6 Å². The summed E-state index contributed by atoms with van der Waals surface area (Å²) in [5, 5.41) is 9.86. The standard InChI is InChI=1S/C28H32N4O3S2/c1-6-11-31-25(30-14-18(3)35-19(4)15-30)22(20(5)23(13-29)26(31)33)12-24-27(34)32(28(36)37-24)16-21-9-7-17(2)8-10-21/h7-10,12,18-19H,6,11,14-16H2,1-5H3/b24-12-. The average Bonchev–Trinajstić information content (AvgIpc) is 3.10. The first-order chi connectivity index (χ1) is 17.6. The summed E-state index contributed by atoms with van der Waals surface area (Å²) >= 11 is 6.84. The Labute approximate surface area is 227 Å². The van der Waals surface area contributed by atoms with Gasteiger partial charge < -0.3 is 9.64 Å². The zero-order valence-corrected chi connectivity index (χ0v) is 23.5. The molecule has 37 heavy (non-hydrogen) atoms. The minimum absolute atomic E-state index is 0.0227. The number of nitrogens with zero attached hydrogens (tertiary/aromatic N) is 4. The van der Waals surface area contributed by atoms with Gasteiger partial charge in [0.05, 0.1) is 23.7 Å². The molecule has 2 aliphatic rings. The lowest BCUT2D eigenvalue weighted by molar-refractivity contribution is -0.122. The third kappa shape index (κ3) is 5.52. The fraction of sp³-hybridized carbons (Fsp3) is 0.429. The van der Waals surface area contributed by atoms with Gasteiger partial charge in [-0.3, -0.25) is 19.1 Å². The lowest BCUT2D eigenvalue weighted by Gasteiger charge is -2.39. The fourth-order valence-electron chi connectivity index (χ4n) is 4.91. The van der Waals surface area contributed by atoms with E-state index in [1.807, 2.05) is 58.0 Å². The third-order valence-electron chi connectivity index (χ3n) is 6.62. The van der Waals surface area contributed by atoms with Crippen molar-refractivity contribution in [1.29, 1.82) is 5.26 Å². The molecule has 194 valence electrons. The molecule has 1 aromatic heterocycles. The van der Waals surface area contributed by atoms with Gasteiger partial charge in [0.2, 0.25) is 0 Å². The first kappa shape index (κ1) is 27.1. The molecule has 9 heteroatoms. The molecular weight excluding hydrogens is 504 g/mol. The molecule has 3 heterocycles. The van der Waals surface area contributed by atoms with Crippen LogP contribution < -0.4 is 10.5 Å². The predicted octanol–water partition coefficient (Wildman–Crippen LogP) is 4.76. The van der Waals surface area contributed by atoms with Crippen LogP contribution in [0.2, 0.25) is 0 Å². The molecule has 0 radical (unpaired) electrons. The summed E-state index contributed by atoms with van der Waals surface area (Å²) in [5.74, 6) is 0.561. The Morgan fingerprint density at radius 3 is 2.41 bits per heavy atom. The minimum Gasteiger partial charge on any atom is -0.372 e. The van der Waals surface area contributed by atoms with Gasteiger partial charge in [-0.25, -0.2) is 0 Å². The number of hydrogen-bond acceptors (Lipinski definition) is 7. The highest BCUT2D eigenvalue weighted by atomic mass is 32.2. The Bertz CT molecular complexity index is 1350. The van der Waals surface area contributed by atoms with Crippen molar-refractivity contribution in [2.75, 3.05) is 18.0 Å². The Morgan fingerprint density at radius 2 is 1.81 bits per heavy atom. The maximum atomic E-state index is 13.5. The van der Waals surface area contributed by atoms with E-state index in [0.717, 1.165) is 23.4 Å². The number of carbonyl (C=O) groups excluding carboxylic acids is 1. The summed E-state index contributed by atoms with van der Waals surface area (Å²) < 4.78 is 8.13. The second kappa shape index (κ2) is 11.2. The first-order valence-electron chi connectivity index (χ1n) is 12.5. The molecule has 2 atom stereocenters. The number of amides is 1. The molecule has 2 fully saturated rings. The Morgan fingerprint density at radius 1 is 1.16 bits per heavy atom. The number of thiocarbonyl (C=S) groups is 1. The number of hydrogen-bond donors (Lipinski definition) is 0. The molecule has 2 aliphatic heterocycles. The van der Waals surface area contributed by atoms with Crippen molar-refractivity contribution in [3.05, 3.63) is 67.3 Å². The molecular formula is C28H32N4O3S2. The van der Waals surface area contributed by atoms with Gasteiger partial charge in [-0.05, 0) is 51.3 Å². The zero-order chi connectivity index (χ0) is 26.9. The second-order valence-corrected chi connectivity index (χ2v) is 11.4. The van der Waals surface area contributed by atoms with Crippen molar-refractivity contribution in [1.82, 2.24) is 9.47 Å². The number of thioether (sulfide) groups is 1. The third-order valence-corrected chi connectivity index (χ3v) is 8.00. The van der Waals surface area contributed by atoms with Crippen LogP contribution in [0.15, 0.2) is 34.0 Å². The van der Waals surface area contributed by atoms with Crippen LogP contribution in [0.3, 0.4) is 0 Å². The van der Waals surface area contributed by atoms with Crippen LogP contribution in [0.4, 0.5) is 5.82 Å². The van der Waals surface area contributed by atoms with Crippen molar-refractivity contribution in [3.8, 4) is 6.07 Å². The van der Waals surface area contributed by atoms with Crippen molar-refractivity contribution in [3.63, 3.8) is 0 Å². The number of pyridine rings is 1. The molecule has 0 N–H and O–H groups in total. The molecule has 0 bridgehead atoms. The number of anilines is 1. The van der Waals surface area contributed by atoms with Crippen molar-refractivity contribution in [2.45, 2.75) is 66.3 Å². The van der Waals surface area contributed by atoms with E-state index >= 15 is 0 Å². The summed E-state index contributed by atoms with van der Waals surface area (Å²) in [5.41, 5.74) is 3.24. The van der Waals surface area contributed by atoms with Crippen molar-refractivity contribution < 1.29 is 9.53 Å². The Balaban J connectivity index is 1.83. The summed E-state index contributed by atoms with van der Waals surface area (Å²) in [4.78, 5) is 31.1. The van der Waals surface area contributed by atoms with Crippen LogP contribution in [-0.4, -0.2) is 45.0 Å². The Kier molecular flexibility index (Phi) is 8.22. The van der Waals surface area contributed by atoms with E-state index in [4.69, 9.17) is 17.0 Å². The van der Waals surface area contributed by atoms with Gasteiger partial charge in [-0.15, -0.1) is 0 Å². The van der Waals surface area contributed by atoms with Gasteiger partial charge in [0, 0.05) is 25.2 Å². The number of morpholine rings is 1. The summed E-state index contributed by atoms with van der Waals surface area (Å²) in [6.07, 6.45) is 2.50. The van der Waals surface area contributed by atoms with Crippen LogP contribution in [0.5, 0.6) is 0 Å². The summed E-state index contributed by atoms with van der Waals surface area (Å²) in [7, 11) is 0. The number of carbonyl (C=O) groups is 1. The van der Waals surface area contributed by atoms with E-state index in [1.54, 1.807) is 16.4 Å². The molecule has 4 rings (SSSR count). The molecule has 1 aromatic carbocycles. The van der Waals surface area contributed by atoms with Crippen molar-refractivity contribution >= 4 is 46.1 Å². The van der Waals surface area contributed by atoms with Gasteiger partial charge in [-0.1, -0.05) is 60.7 Å². The van der Waals surface area contributed by atoms with Crippen LogP contribution in [0.25, 0.3) is 6.08 Å². The first-order valence-corrected chi connectivity index (χ1v) is 13.8. The quantitative estimate of drug-likeness (QED) is 0.389. The van der Waals surface area contributed by atoms with Gasteiger partial charge in [0.15, 0.2) is 0 Å². The highest BCUT2D eigenvalue weighted by molar-refractivity contribution is 8.26. The van der Waals surface area contributed by atoms with Gasteiger partial charge in [0.1, 0.15) is 21.8 Å². The maximum Gasteiger partial charge on any atom is 0.270 e. The molecule has 0 aliphatic carbocycles. The predicted molar refractivity (Wildman–Crippen MR) is 153 cm³/mol. The van der Waals surface area contributed by atoms with E-state index in [2.05, 4.69) is 11.0 Å². The van der Waals surface area contributed by atoms with E-state index in [-0.39, 0.29) is 29.2 Å². The number of aryl methyl sites for hydroxylation is 1. The molecule has 2 unspecified atom stereocenters. The highest BCUT2D eigenvalue weighted by Gasteiger charge is 2.34. The number of benzene rings is 1. The number of aromatic nitrogens is 1. The fourth-order valence-corrected chi connectivity index (χ4v) is 6.15. The van der Waals surface area contributed by atoms with Crippen molar-refractivity contribution in [2.24, 2.45) is 0 Å². The van der Waals surface area contributed by atoms with E-state index in [0.29, 0.717) is 46.5 Å². The zero-order valence-electron chi connectivity index (χ0n) is 21.9. The lowest BCUT2D eigenvalue weighted by Crippen LogP contribution is -2.48. The minimum atomic E-state index is -0.298. The van der Waals surface area contributed by atoms with E-state index in [9.17, 15) is 14.9 Å². The lowest BCUT2D eigenvalue weighted by atomic mass is 10.0. The maximum absolute atomic E-state index is 13.5. The number of rotatable bonds is 6. The van der Waals surface area contributed by atoms with E-state index in [1.165, 1.54) is 11.8 Å². The number of ether oxygens (including phenoxy) is 1. The molecule has 2 aromatic rings. The smallest absolute Gasteiger partial charge is 0.270 e. The molecule has 0 saturated carbocycles.